The van der Waals surface area contributed by atoms with Gasteiger partial charge in [0.15, 0.2) is 9.84 Å². The summed E-state index contributed by atoms with van der Waals surface area (Å²) in [5, 5.41) is 9.13. The van der Waals surface area contributed by atoms with Crippen molar-refractivity contribution in [1.29, 1.82) is 0 Å². The van der Waals surface area contributed by atoms with E-state index in [1.54, 1.807) is 0 Å². The molecule has 3 rings (SSSR count). The first-order valence-corrected chi connectivity index (χ1v) is 14.3. The lowest BCUT2D eigenvalue weighted by atomic mass is 10.1. The summed E-state index contributed by atoms with van der Waals surface area (Å²) in [6.45, 7) is -1.91. The van der Waals surface area contributed by atoms with E-state index in [4.69, 9.17) is 9.84 Å². The summed E-state index contributed by atoms with van der Waals surface area (Å²) in [6.07, 6.45) is -3.92. The molecule has 0 aromatic heterocycles. The lowest BCUT2D eigenvalue weighted by Crippen LogP contribution is -2.36. The highest BCUT2D eigenvalue weighted by Crippen LogP contribution is 2.32. The molecule has 0 fully saturated rings. The van der Waals surface area contributed by atoms with E-state index < -0.39 is 57.8 Å². The fraction of sp³-hybridized carbons (Fsp3) is 0.357. The van der Waals surface area contributed by atoms with Gasteiger partial charge in [0, 0.05) is 43.1 Å². The first kappa shape index (κ1) is 32.4. The predicted octanol–water partition coefficient (Wildman–Crippen LogP) is 5.99. The summed E-state index contributed by atoms with van der Waals surface area (Å²) < 4.78 is 127. The Hall–Kier alpha value is -3.16. The molecule has 0 saturated carbocycles. The van der Waals surface area contributed by atoms with E-state index in [1.807, 2.05) is 0 Å². The molecular weight excluding hydrogens is 579 g/mol. The van der Waals surface area contributed by atoms with E-state index in [2.05, 4.69) is 0 Å². The first-order valence-electron chi connectivity index (χ1n) is 12.4. The minimum Gasteiger partial charge on any atom is -0.493 e. The van der Waals surface area contributed by atoms with E-state index in [0.29, 0.717) is 0 Å². The monoisotopic (exact) mass is 607 g/mol. The van der Waals surface area contributed by atoms with Crippen LogP contribution in [0.5, 0.6) is 5.75 Å². The van der Waals surface area contributed by atoms with Crippen LogP contribution in [0.15, 0.2) is 65.6 Å². The van der Waals surface area contributed by atoms with Gasteiger partial charge in [0.05, 0.1) is 23.6 Å². The van der Waals surface area contributed by atoms with Gasteiger partial charge in [-0.05, 0) is 42.7 Å². The lowest BCUT2D eigenvalue weighted by Gasteiger charge is -2.28. The average molecular weight is 608 g/mol. The highest BCUT2D eigenvalue weighted by atomic mass is 32.2. The molecule has 0 radical (unpaired) electrons. The molecule has 1 N–H and O–H groups in total. The lowest BCUT2D eigenvalue weighted by molar-refractivity contribution is -0.137. The second kappa shape index (κ2) is 13.2. The molecule has 41 heavy (non-hydrogen) atoms. The van der Waals surface area contributed by atoms with Crippen molar-refractivity contribution in [2.24, 2.45) is 0 Å². The van der Waals surface area contributed by atoms with Crippen molar-refractivity contribution in [1.82, 2.24) is 4.90 Å². The van der Waals surface area contributed by atoms with E-state index in [0.717, 1.165) is 54.8 Å². The minimum absolute atomic E-state index is 0.0622. The van der Waals surface area contributed by atoms with Gasteiger partial charge in [0.25, 0.3) is 5.92 Å². The molecule has 3 aromatic carbocycles. The fourth-order valence-corrected chi connectivity index (χ4v) is 5.20. The molecule has 0 atom stereocenters. The number of ether oxygens (including phenoxy) is 1. The second-order valence-electron chi connectivity index (χ2n) is 9.45. The zero-order chi connectivity index (χ0) is 30.4. The molecule has 3 aromatic rings. The van der Waals surface area contributed by atoms with E-state index in [1.165, 1.54) is 17.0 Å². The second-order valence-corrected chi connectivity index (χ2v) is 11.4. The van der Waals surface area contributed by atoms with E-state index in [9.17, 15) is 30.4 Å². The quantitative estimate of drug-likeness (QED) is 0.191. The number of hydrogen-bond donors (Lipinski definition) is 1. The first-order chi connectivity index (χ1) is 19.1. The number of benzene rings is 3. The topological polar surface area (TPSA) is 66.8 Å². The summed E-state index contributed by atoms with van der Waals surface area (Å²) in [6, 6.07) is 9.94. The maximum atomic E-state index is 15.1. The standard InChI is InChI=1S/C28H28F7NO4S/c1-41(38,39)26-16-23(15-25(30)24(26)10-12-37)40-13-3-11-36(17-19-4-2-5-21(14-19)28(33,34)35)18-27(31,32)20-6-8-22(29)9-7-20/h2,4-9,14-16,37H,3,10-13,17-18H2,1H3. The van der Waals surface area contributed by atoms with Gasteiger partial charge < -0.3 is 9.84 Å². The van der Waals surface area contributed by atoms with Crippen molar-refractivity contribution in [2.75, 3.05) is 32.6 Å². The summed E-state index contributed by atoms with van der Waals surface area (Å²) in [5.41, 5.74) is -1.47. The van der Waals surface area contributed by atoms with Gasteiger partial charge in [-0.15, -0.1) is 0 Å². The van der Waals surface area contributed by atoms with Crippen molar-refractivity contribution >= 4 is 9.84 Å². The van der Waals surface area contributed by atoms with Crippen LogP contribution in [0.3, 0.4) is 0 Å². The molecule has 0 spiro atoms. The number of hydrogen-bond acceptors (Lipinski definition) is 5. The third kappa shape index (κ3) is 9.17. The highest BCUT2D eigenvalue weighted by Gasteiger charge is 2.35. The van der Waals surface area contributed by atoms with E-state index >= 15 is 8.78 Å². The Balaban J connectivity index is 1.77. The fourth-order valence-electron chi connectivity index (χ4n) is 4.22. The van der Waals surface area contributed by atoms with Crippen LogP contribution in [0.1, 0.15) is 28.7 Å². The van der Waals surface area contributed by atoms with Gasteiger partial charge in [-0.2, -0.15) is 22.0 Å². The van der Waals surface area contributed by atoms with Crippen molar-refractivity contribution in [3.05, 3.63) is 94.6 Å². The molecule has 0 heterocycles. The minimum atomic E-state index is -4.63. The van der Waals surface area contributed by atoms with Gasteiger partial charge in [-0.1, -0.05) is 30.3 Å². The number of nitrogens with zero attached hydrogens (tertiary/aromatic N) is 1. The third-order valence-electron chi connectivity index (χ3n) is 6.13. The molecule has 0 amide bonds. The molecule has 0 aliphatic heterocycles. The van der Waals surface area contributed by atoms with Crippen molar-refractivity contribution in [3.8, 4) is 5.75 Å². The molecule has 0 aliphatic rings. The van der Waals surface area contributed by atoms with Gasteiger partial charge >= 0.3 is 6.18 Å². The maximum absolute atomic E-state index is 15.1. The van der Waals surface area contributed by atoms with Crippen LogP contribution < -0.4 is 4.74 Å². The van der Waals surface area contributed by atoms with Crippen LogP contribution in [0.4, 0.5) is 30.7 Å². The number of rotatable bonds is 13. The molecule has 224 valence electrons. The zero-order valence-corrected chi connectivity index (χ0v) is 22.7. The van der Waals surface area contributed by atoms with Crippen LogP contribution in [0, 0.1) is 11.6 Å². The molecule has 0 unspecified atom stereocenters. The van der Waals surface area contributed by atoms with Gasteiger partial charge in [0.1, 0.15) is 17.4 Å². The zero-order valence-electron chi connectivity index (χ0n) is 21.9. The number of halogens is 7. The van der Waals surface area contributed by atoms with Gasteiger partial charge in [-0.25, -0.2) is 17.2 Å². The average Bonchev–Trinajstić information content (AvgIpc) is 2.87. The molecule has 0 saturated heterocycles. The third-order valence-corrected chi connectivity index (χ3v) is 7.29. The molecule has 13 heteroatoms. The molecular formula is C28H28F7NO4S. The Morgan fingerprint density at radius 1 is 0.927 bits per heavy atom. The SMILES string of the molecule is CS(=O)(=O)c1cc(OCCCN(Cc2cccc(C(F)(F)F)c2)CC(F)(F)c2ccc(F)cc2)cc(F)c1CCO. The summed E-state index contributed by atoms with van der Waals surface area (Å²) in [4.78, 5) is 0.862. The number of aliphatic hydroxyl groups excluding tert-OH is 1. The number of alkyl halides is 5. The summed E-state index contributed by atoms with van der Waals surface area (Å²) >= 11 is 0. The van der Waals surface area contributed by atoms with Crippen LogP contribution in [0.2, 0.25) is 0 Å². The van der Waals surface area contributed by atoms with Crippen molar-refractivity contribution in [2.45, 2.75) is 36.4 Å². The Morgan fingerprint density at radius 3 is 2.22 bits per heavy atom. The summed E-state index contributed by atoms with van der Waals surface area (Å²) in [5.74, 6) is -5.22. The van der Waals surface area contributed by atoms with Crippen molar-refractivity contribution < 1.29 is 49.0 Å². The van der Waals surface area contributed by atoms with Gasteiger partial charge in [-0.3, -0.25) is 4.90 Å². The Morgan fingerprint density at radius 2 is 1.61 bits per heavy atom. The van der Waals surface area contributed by atoms with E-state index in [-0.39, 0.29) is 54.3 Å². The molecule has 0 bridgehead atoms. The molecule has 0 aliphatic carbocycles. The Kier molecular flexibility index (Phi) is 10.4. The smallest absolute Gasteiger partial charge is 0.416 e. The number of aliphatic hydroxyl groups is 1. The highest BCUT2D eigenvalue weighted by molar-refractivity contribution is 7.90. The largest absolute Gasteiger partial charge is 0.493 e. The maximum Gasteiger partial charge on any atom is 0.416 e. The van der Waals surface area contributed by atoms with Crippen LogP contribution >= 0.6 is 0 Å². The van der Waals surface area contributed by atoms with Crippen LogP contribution in [-0.4, -0.2) is 51.0 Å². The summed E-state index contributed by atoms with van der Waals surface area (Å²) in [7, 11) is -3.87. The van der Waals surface area contributed by atoms with Crippen LogP contribution in [0.25, 0.3) is 0 Å². The predicted molar refractivity (Wildman–Crippen MR) is 137 cm³/mol. The van der Waals surface area contributed by atoms with Crippen molar-refractivity contribution in [3.63, 3.8) is 0 Å². The van der Waals surface area contributed by atoms with Gasteiger partial charge in [0.2, 0.25) is 0 Å². The normalized spacial score (nSPS) is 12.6. The Labute approximate surface area is 233 Å². The number of sulfone groups is 1. The molecule has 5 nitrogen and oxygen atoms in total. The van der Waals surface area contributed by atoms with Crippen LogP contribution in [-0.2, 0) is 34.9 Å². The Bertz CT molecular complexity index is 1430.